The number of nitrogen functional groups attached to an aromatic ring is 1. The van der Waals surface area contributed by atoms with E-state index in [9.17, 15) is 5.11 Å². The minimum absolute atomic E-state index is 0.146. The summed E-state index contributed by atoms with van der Waals surface area (Å²) in [5, 5.41) is 9.33. The van der Waals surface area contributed by atoms with Gasteiger partial charge >= 0.3 is 0 Å². The third-order valence-electron chi connectivity index (χ3n) is 3.90. The zero-order chi connectivity index (χ0) is 13.7. The van der Waals surface area contributed by atoms with Crippen LogP contribution in [0.4, 0.5) is 11.4 Å². The molecular weight excluding hydrogens is 240 g/mol. The molecule has 19 heavy (non-hydrogen) atoms. The van der Waals surface area contributed by atoms with E-state index in [-0.39, 0.29) is 6.61 Å². The lowest BCUT2D eigenvalue weighted by atomic mass is 9.93. The Morgan fingerprint density at radius 1 is 1.32 bits per heavy atom. The van der Waals surface area contributed by atoms with Crippen molar-refractivity contribution < 1.29 is 9.84 Å². The van der Waals surface area contributed by atoms with Crippen molar-refractivity contribution in [3.63, 3.8) is 0 Å². The van der Waals surface area contributed by atoms with Crippen molar-refractivity contribution in [3.8, 4) is 5.75 Å². The van der Waals surface area contributed by atoms with Crippen molar-refractivity contribution in [1.29, 1.82) is 0 Å². The molecule has 1 aromatic rings. The van der Waals surface area contributed by atoms with Crippen LogP contribution in [0.25, 0.3) is 0 Å². The quantitative estimate of drug-likeness (QED) is 0.802. The van der Waals surface area contributed by atoms with E-state index < -0.39 is 0 Å². The summed E-state index contributed by atoms with van der Waals surface area (Å²) in [5.41, 5.74) is 7.84. The molecule has 0 spiro atoms. The van der Waals surface area contributed by atoms with Gasteiger partial charge in [0.2, 0.25) is 0 Å². The van der Waals surface area contributed by atoms with Gasteiger partial charge < -0.3 is 20.5 Å². The van der Waals surface area contributed by atoms with E-state index in [1.54, 1.807) is 7.11 Å². The first kappa shape index (κ1) is 14.0. The molecule has 4 heteroatoms. The highest BCUT2D eigenvalue weighted by atomic mass is 16.5. The van der Waals surface area contributed by atoms with Gasteiger partial charge in [0.1, 0.15) is 5.75 Å². The summed E-state index contributed by atoms with van der Waals surface area (Å²) in [6.45, 7) is 0.773. The largest absolute Gasteiger partial charge is 0.497 e. The Bertz CT molecular complexity index is 403. The van der Waals surface area contributed by atoms with Crippen LogP contribution >= 0.6 is 0 Å². The minimum Gasteiger partial charge on any atom is -0.497 e. The van der Waals surface area contributed by atoms with Crippen molar-refractivity contribution in [2.24, 2.45) is 0 Å². The van der Waals surface area contributed by atoms with E-state index in [0.29, 0.717) is 12.6 Å². The first-order valence-electron chi connectivity index (χ1n) is 7.07. The summed E-state index contributed by atoms with van der Waals surface area (Å²) in [5.74, 6) is 0.808. The maximum atomic E-state index is 9.33. The molecule has 0 bridgehead atoms. The second kappa shape index (κ2) is 6.66. The Morgan fingerprint density at radius 3 is 2.68 bits per heavy atom. The molecule has 4 nitrogen and oxygen atoms in total. The fourth-order valence-electron chi connectivity index (χ4n) is 2.90. The normalized spacial score (nSPS) is 16.3. The standard InChI is InChI=1S/C15H24N2O2/c1-19-13-7-8-14(16)15(11-13)17(9-10-18)12-5-3-2-4-6-12/h7-8,11-12,18H,2-6,9-10,16H2,1H3. The number of aliphatic hydroxyl groups excluding tert-OH is 1. The summed E-state index contributed by atoms with van der Waals surface area (Å²) >= 11 is 0. The monoisotopic (exact) mass is 264 g/mol. The third kappa shape index (κ3) is 3.32. The van der Waals surface area contributed by atoms with Crippen molar-refractivity contribution in [1.82, 2.24) is 0 Å². The second-order valence-corrected chi connectivity index (χ2v) is 5.13. The molecule has 0 amide bonds. The predicted octanol–water partition coefficient (Wildman–Crippen LogP) is 2.41. The van der Waals surface area contributed by atoms with Crippen LogP contribution in [-0.2, 0) is 0 Å². The van der Waals surface area contributed by atoms with Crippen LogP contribution in [-0.4, -0.2) is 31.4 Å². The zero-order valence-electron chi connectivity index (χ0n) is 11.6. The number of hydrogen-bond acceptors (Lipinski definition) is 4. The molecule has 0 aromatic heterocycles. The molecule has 0 aliphatic heterocycles. The number of anilines is 2. The number of aliphatic hydroxyl groups is 1. The average molecular weight is 264 g/mol. The summed E-state index contributed by atoms with van der Waals surface area (Å²) < 4.78 is 5.28. The van der Waals surface area contributed by atoms with E-state index in [1.165, 1.54) is 32.1 Å². The van der Waals surface area contributed by atoms with E-state index >= 15 is 0 Å². The molecule has 1 aliphatic carbocycles. The van der Waals surface area contributed by atoms with Crippen molar-refractivity contribution >= 4 is 11.4 Å². The lowest BCUT2D eigenvalue weighted by Crippen LogP contribution is -2.39. The van der Waals surface area contributed by atoms with Crippen LogP contribution in [0.15, 0.2) is 18.2 Å². The number of ether oxygens (including phenoxy) is 1. The fraction of sp³-hybridized carbons (Fsp3) is 0.600. The predicted molar refractivity (Wildman–Crippen MR) is 78.7 cm³/mol. The summed E-state index contributed by atoms with van der Waals surface area (Å²) in [6.07, 6.45) is 6.19. The van der Waals surface area contributed by atoms with Crippen LogP contribution in [0.2, 0.25) is 0 Å². The van der Waals surface area contributed by atoms with Gasteiger partial charge in [-0.05, 0) is 25.0 Å². The van der Waals surface area contributed by atoms with Crippen LogP contribution in [0.1, 0.15) is 32.1 Å². The lowest BCUT2D eigenvalue weighted by Gasteiger charge is -2.36. The Hall–Kier alpha value is -1.42. The van der Waals surface area contributed by atoms with Gasteiger partial charge in [-0.1, -0.05) is 19.3 Å². The maximum Gasteiger partial charge on any atom is 0.121 e. The van der Waals surface area contributed by atoms with E-state index in [2.05, 4.69) is 4.90 Å². The number of nitrogens with zero attached hydrogens (tertiary/aromatic N) is 1. The molecule has 0 unspecified atom stereocenters. The van der Waals surface area contributed by atoms with E-state index in [0.717, 1.165) is 17.1 Å². The van der Waals surface area contributed by atoms with Gasteiger partial charge in [-0.25, -0.2) is 0 Å². The van der Waals surface area contributed by atoms with Gasteiger partial charge in [0.15, 0.2) is 0 Å². The van der Waals surface area contributed by atoms with Gasteiger partial charge in [-0.2, -0.15) is 0 Å². The molecule has 1 fully saturated rings. The van der Waals surface area contributed by atoms with Gasteiger partial charge in [0.05, 0.1) is 25.1 Å². The average Bonchev–Trinajstić information content (AvgIpc) is 2.47. The van der Waals surface area contributed by atoms with Crippen LogP contribution in [0.3, 0.4) is 0 Å². The molecule has 2 rings (SSSR count). The maximum absolute atomic E-state index is 9.33. The number of nitrogens with two attached hydrogens (primary N) is 1. The molecule has 1 aliphatic rings. The smallest absolute Gasteiger partial charge is 0.121 e. The van der Waals surface area contributed by atoms with E-state index in [4.69, 9.17) is 10.5 Å². The Kier molecular flexibility index (Phi) is 4.91. The second-order valence-electron chi connectivity index (χ2n) is 5.13. The van der Waals surface area contributed by atoms with Crippen molar-refractivity contribution in [2.75, 3.05) is 30.9 Å². The molecule has 3 N–H and O–H groups in total. The van der Waals surface area contributed by atoms with Gasteiger partial charge in [0, 0.05) is 18.7 Å². The molecule has 0 saturated heterocycles. The Balaban J connectivity index is 2.26. The zero-order valence-corrected chi connectivity index (χ0v) is 11.6. The molecule has 1 saturated carbocycles. The highest BCUT2D eigenvalue weighted by molar-refractivity contribution is 5.70. The molecule has 0 atom stereocenters. The SMILES string of the molecule is COc1ccc(N)c(N(CCO)C2CCCCC2)c1. The number of rotatable bonds is 5. The summed E-state index contributed by atoms with van der Waals surface area (Å²) in [7, 11) is 1.66. The third-order valence-corrected chi connectivity index (χ3v) is 3.90. The van der Waals surface area contributed by atoms with Gasteiger partial charge in [0.25, 0.3) is 0 Å². The first-order valence-corrected chi connectivity index (χ1v) is 7.07. The van der Waals surface area contributed by atoms with Crippen LogP contribution in [0.5, 0.6) is 5.75 Å². The van der Waals surface area contributed by atoms with Crippen molar-refractivity contribution in [3.05, 3.63) is 18.2 Å². The highest BCUT2D eigenvalue weighted by Gasteiger charge is 2.22. The van der Waals surface area contributed by atoms with Crippen LogP contribution < -0.4 is 15.4 Å². The first-order chi connectivity index (χ1) is 9.26. The summed E-state index contributed by atoms with van der Waals surface area (Å²) in [6, 6.07) is 6.20. The molecule has 106 valence electrons. The minimum atomic E-state index is 0.146. The van der Waals surface area contributed by atoms with E-state index in [1.807, 2.05) is 18.2 Å². The Morgan fingerprint density at radius 2 is 2.05 bits per heavy atom. The van der Waals surface area contributed by atoms with Crippen molar-refractivity contribution in [2.45, 2.75) is 38.1 Å². The fourth-order valence-corrected chi connectivity index (χ4v) is 2.90. The molecular formula is C15H24N2O2. The van der Waals surface area contributed by atoms with Gasteiger partial charge in [-0.3, -0.25) is 0 Å². The molecule has 0 heterocycles. The highest BCUT2D eigenvalue weighted by Crippen LogP contribution is 2.33. The Labute approximate surface area is 115 Å². The molecule has 0 radical (unpaired) electrons. The number of hydrogen-bond donors (Lipinski definition) is 2. The summed E-state index contributed by atoms with van der Waals surface area (Å²) in [4.78, 5) is 2.25. The lowest BCUT2D eigenvalue weighted by molar-refractivity contribution is 0.290. The topological polar surface area (TPSA) is 58.7 Å². The van der Waals surface area contributed by atoms with Gasteiger partial charge in [-0.15, -0.1) is 0 Å². The molecule has 1 aromatic carbocycles. The number of benzene rings is 1. The van der Waals surface area contributed by atoms with Crippen LogP contribution in [0, 0.1) is 0 Å². The number of methoxy groups -OCH3 is 1.